The van der Waals surface area contributed by atoms with Crippen LogP contribution in [0, 0.1) is 18.7 Å². The van der Waals surface area contributed by atoms with Gasteiger partial charge < -0.3 is 10.2 Å². The fraction of sp³-hybridized carbons (Fsp3) is 0.500. The summed E-state index contributed by atoms with van der Waals surface area (Å²) in [7, 11) is 0. The number of halogens is 1. The molecule has 1 aromatic heterocycles. The van der Waals surface area contributed by atoms with Crippen molar-refractivity contribution < 1.29 is 8.81 Å². The molecule has 102 valence electrons. The fourth-order valence-electron chi connectivity index (χ4n) is 3.28. The van der Waals surface area contributed by atoms with Gasteiger partial charge in [-0.3, -0.25) is 0 Å². The van der Waals surface area contributed by atoms with E-state index in [0.29, 0.717) is 0 Å². The number of rotatable bonds is 3. The highest BCUT2D eigenvalue weighted by Gasteiger charge is 2.23. The highest BCUT2D eigenvalue weighted by molar-refractivity contribution is 5.82. The van der Waals surface area contributed by atoms with Crippen molar-refractivity contribution in [1.82, 2.24) is 0 Å². The number of hydrogen-bond acceptors (Lipinski definition) is 2. The minimum Gasteiger partial charge on any atom is -0.459 e. The summed E-state index contributed by atoms with van der Waals surface area (Å²) in [4.78, 5) is 0. The zero-order valence-electron chi connectivity index (χ0n) is 11.3. The first kappa shape index (κ1) is 12.7. The lowest BCUT2D eigenvalue weighted by Crippen LogP contribution is -2.14. The third-order valence-corrected chi connectivity index (χ3v) is 4.33. The van der Waals surface area contributed by atoms with Gasteiger partial charge >= 0.3 is 0 Å². The monoisotopic (exact) mass is 261 g/mol. The SMILES string of the molecule is Cc1c(C(N)CC2CCCC2)oc2ccc(F)cc12. The first-order chi connectivity index (χ1) is 9.15. The molecule has 3 heteroatoms. The third kappa shape index (κ3) is 2.39. The molecule has 3 rings (SSSR count). The summed E-state index contributed by atoms with van der Waals surface area (Å²) in [5.74, 6) is 1.32. The van der Waals surface area contributed by atoms with Gasteiger partial charge in [0.2, 0.25) is 0 Å². The molecule has 0 saturated heterocycles. The summed E-state index contributed by atoms with van der Waals surface area (Å²) in [5, 5.41) is 0.844. The van der Waals surface area contributed by atoms with Gasteiger partial charge in [-0.1, -0.05) is 25.7 Å². The minimum atomic E-state index is -0.229. The first-order valence-corrected chi connectivity index (χ1v) is 7.09. The summed E-state index contributed by atoms with van der Waals surface area (Å²) in [5.41, 5.74) is 8.01. The quantitative estimate of drug-likeness (QED) is 0.886. The Kier molecular flexibility index (Phi) is 3.31. The van der Waals surface area contributed by atoms with Crippen molar-refractivity contribution >= 4 is 11.0 Å². The number of nitrogens with two attached hydrogens (primary N) is 1. The van der Waals surface area contributed by atoms with Gasteiger partial charge in [0.05, 0.1) is 6.04 Å². The third-order valence-electron chi connectivity index (χ3n) is 4.33. The van der Waals surface area contributed by atoms with Crippen LogP contribution in [-0.2, 0) is 0 Å². The lowest BCUT2D eigenvalue weighted by Gasteiger charge is -2.14. The summed E-state index contributed by atoms with van der Waals surface area (Å²) in [6, 6.07) is 4.57. The van der Waals surface area contributed by atoms with Crippen molar-refractivity contribution in [2.45, 2.75) is 45.1 Å². The Balaban J connectivity index is 1.89. The lowest BCUT2D eigenvalue weighted by atomic mass is 9.96. The van der Waals surface area contributed by atoms with E-state index >= 15 is 0 Å². The Morgan fingerprint density at radius 1 is 1.37 bits per heavy atom. The molecule has 1 atom stereocenters. The van der Waals surface area contributed by atoms with Crippen LogP contribution in [0.15, 0.2) is 22.6 Å². The van der Waals surface area contributed by atoms with Gasteiger partial charge in [0.15, 0.2) is 0 Å². The Morgan fingerprint density at radius 3 is 2.84 bits per heavy atom. The van der Waals surface area contributed by atoms with E-state index in [9.17, 15) is 4.39 Å². The molecule has 0 bridgehead atoms. The molecule has 1 aromatic carbocycles. The molecule has 2 N–H and O–H groups in total. The maximum Gasteiger partial charge on any atom is 0.134 e. The second kappa shape index (κ2) is 4.97. The highest BCUT2D eigenvalue weighted by Crippen LogP contribution is 2.35. The van der Waals surface area contributed by atoms with Crippen LogP contribution in [-0.4, -0.2) is 0 Å². The number of benzene rings is 1. The van der Waals surface area contributed by atoms with E-state index in [4.69, 9.17) is 10.2 Å². The van der Waals surface area contributed by atoms with Gasteiger partial charge in [0, 0.05) is 10.9 Å². The van der Waals surface area contributed by atoms with Crippen molar-refractivity contribution in [1.29, 1.82) is 0 Å². The zero-order chi connectivity index (χ0) is 13.4. The molecule has 1 aliphatic carbocycles. The van der Waals surface area contributed by atoms with Crippen molar-refractivity contribution in [3.63, 3.8) is 0 Å². The van der Waals surface area contributed by atoms with E-state index in [2.05, 4.69) is 0 Å². The Hall–Kier alpha value is -1.35. The van der Waals surface area contributed by atoms with Gasteiger partial charge in [0.1, 0.15) is 17.2 Å². The predicted octanol–water partition coefficient (Wildman–Crippen LogP) is 4.46. The topological polar surface area (TPSA) is 39.2 Å². The summed E-state index contributed by atoms with van der Waals surface area (Å²) >= 11 is 0. The van der Waals surface area contributed by atoms with Crippen LogP contribution in [0.5, 0.6) is 0 Å². The van der Waals surface area contributed by atoms with Gasteiger partial charge in [0.25, 0.3) is 0 Å². The van der Waals surface area contributed by atoms with Crippen LogP contribution in [0.1, 0.15) is 49.5 Å². The van der Waals surface area contributed by atoms with Gasteiger partial charge in [-0.05, 0) is 37.5 Å². The lowest BCUT2D eigenvalue weighted by molar-refractivity contribution is 0.399. The van der Waals surface area contributed by atoms with Crippen LogP contribution in [0.2, 0.25) is 0 Å². The van der Waals surface area contributed by atoms with E-state index in [-0.39, 0.29) is 11.9 Å². The molecular weight excluding hydrogens is 241 g/mol. The zero-order valence-corrected chi connectivity index (χ0v) is 11.3. The molecule has 1 fully saturated rings. The van der Waals surface area contributed by atoms with E-state index in [0.717, 1.165) is 34.6 Å². The molecule has 1 aliphatic rings. The fourth-order valence-corrected chi connectivity index (χ4v) is 3.28. The molecule has 1 heterocycles. The smallest absolute Gasteiger partial charge is 0.134 e. The van der Waals surface area contributed by atoms with Crippen molar-refractivity contribution in [3.05, 3.63) is 35.3 Å². The maximum atomic E-state index is 13.3. The molecule has 19 heavy (non-hydrogen) atoms. The molecule has 0 spiro atoms. The van der Waals surface area contributed by atoms with Crippen molar-refractivity contribution in [2.24, 2.45) is 11.7 Å². The minimum absolute atomic E-state index is 0.0708. The second-order valence-electron chi connectivity index (χ2n) is 5.72. The standard InChI is InChI=1S/C16H20FNO/c1-10-13-9-12(17)6-7-15(13)19-16(10)14(18)8-11-4-2-3-5-11/h6-7,9,11,14H,2-5,8,18H2,1H3. The van der Waals surface area contributed by atoms with Gasteiger partial charge in [-0.2, -0.15) is 0 Å². The second-order valence-corrected chi connectivity index (χ2v) is 5.72. The van der Waals surface area contributed by atoms with E-state index < -0.39 is 0 Å². The number of aryl methyl sites for hydroxylation is 1. The van der Waals surface area contributed by atoms with E-state index in [1.807, 2.05) is 6.92 Å². The van der Waals surface area contributed by atoms with Crippen LogP contribution in [0.4, 0.5) is 4.39 Å². The summed E-state index contributed by atoms with van der Waals surface area (Å²) < 4.78 is 19.1. The number of hydrogen-bond donors (Lipinski definition) is 1. The van der Waals surface area contributed by atoms with Crippen LogP contribution in [0.25, 0.3) is 11.0 Å². The highest BCUT2D eigenvalue weighted by atomic mass is 19.1. The van der Waals surface area contributed by atoms with Gasteiger partial charge in [-0.25, -0.2) is 4.39 Å². The summed E-state index contributed by atoms with van der Waals surface area (Å²) in [6.45, 7) is 1.97. The maximum absolute atomic E-state index is 13.3. The van der Waals surface area contributed by atoms with Crippen molar-refractivity contribution in [3.8, 4) is 0 Å². The molecule has 1 saturated carbocycles. The van der Waals surface area contributed by atoms with Crippen LogP contribution in [0.3, 0.4) is 0 Å². The number of fused-ring (bicyclic) bond motifs is 1. The van der Waals surface area contributed by atoms with Crippen LogP contribution < -0.4 is 5.73 Å². The average Bonchev–Trinajstić information content (AvgIpc) is 2.98. The molecule has 0 aliphatic heterocycles. The molecule has 2 aromatic rings. The van der Waals surface area contributed by atoms with E-state index in [1.165, 1.54) is 37.8 Å². The summed E-state index contributed by atoms with van der Waals surface area (Å²) in [6.07, 6.45) is 6.18. The molecule has 0 amide bonds. The molecular formula is C16H20FNO. The molecule has 2 nitrogen and oxygen atoms in total. The van der Waals surface area contributed by atoms with Gasteiger partial charge in [-0.15, -0.1) is 0 Å². The van der Waals surface area contributed by atoms with E-state index in [1.54, 1.807) is 6.07 Å². The molecule has 1 unspecified atom stereocenters. The Bertz CT molecular complexity index is 584. The van der Waals surface area contributed by atoms with Crippen molar-refractivity contribution in [2.75, 3.05) is 0 Å². The Morgan fingerprint density at radius 2 is 2.11 bits per heavy atom. The number of furan rings is 1. The predicted molar refractivity (Wildman–Crippen MR) is 74.4 cm³/mol. The first-order valence-electron chi connectivity index (χ1n) is 7.09. The normalized spacial score (nSPS) is 18.3. The average molecular weight is 261 g/mol. The molecule has 0 radical (unpaired) electrons. The largest absolute Gasteiger partial charge is 0.459 e. The Labute approximate surface area is 112 Å². The van der Waals surface area contributed by atoms with Crippen LogP contribution >= 0.6 is 0 Å².